The van der Waals surface area contributed by atoms with Crippen LogP contribution in [0.4, 0.5) is 0 Å². The number of carboxylic acids is 1. The van der Waals surface area contributed by atoms with E-state index in [4.69, 9.17) is 4.74 Å². The molecule has 0 aromatic rings. The fraction of sp³-hybridized carbons (Fsp3) is 0.867. The molecule has 4 aliphatic carbocycles. The quantitative estimate of drug-likeness (QED) is 0.364. The van der Waals surface area contributed by atoms with Crippen molar-refractivity contribution < 1.29 is 29.6 Å². The van der Waals surface area contributed by atoms with Crippen LogP contribution >= 0.6 is 0 Å². The van der Waals surface area contributed by atoms with Gasteiger partial charge in [0.1, 0.15) is 11.4 Å². The lowest BCUT2D eigenvalue weighted by Gasteiger charge is -2.63. The van der Waals surface area contributed by atoms with Gasteiger partial charge < -0.3 is 20.1 Å². The normalized spacial score (nSPS) is 50.9. The van der Waals surface area contributed by atoms with Crippen molar-refractivity contribution in [2.24, 2.45) is 38.9 Å². The van der Waals surface area contributed by atoms with Crippen LogP contribution in [0.5, 0.6) is 0 Å². The van der Waals surface area contributed by atoms with E-state index in [0.717, 1.165) is 38.5 Å². The molecule has 1 aliphatic heterocycles. The fourth-order valence-corrected chi connectivity index (χ4v) is 10.7. The molecule has 0 aromatic heterocycles. The first kappa shape index (κ1) is 26.4. The third-order valence-corrected chi connectivity index (χ3v) is 13.1. The van der Waals surface area contributed by atoms with E-state index in [-0.39, 0.29) is 51.3 Å². The van der Waals surface area contributed by atoms with Crippen molar-refractivity contribution in [3.8, 4) is 0 Å². The van der Waals surface area contributed by atoms with Gasteiger partial charge in [0.2, 0.25) is 0 Å². The molecule has 0 aromatic carbocycles. The first-order chi connectivity index (χ1) is 16.5. The summed E-state index contributed by atoms with van der Waals surface area (Å²) in [7, 11) is 0. The summed E-state index contributed by atoms with van der Waals surface area (Å²) in [5, 5.41) is 30.9. The van der Waals surface area contributed by atoms with Gasteiger partial charge in [-0.15, -0.1) is 0 Å². The molecule has 3 N–H and O–H groups in total. The van der Waals surface area contributed by atoms with Gasteiger partial charge in [0.05, 0.1) is 23.7 Å². The average molecular weight is 503 g/mol. The van der Waals surface area contributed by atoms with E-state index in [1.807, 2.05) is 0 Å². The maximum Gasteiger partial charge on any atom is 0.331 e. The topological polar surface area (TPSA) is 107 Å². The summed E-state index contributed by atoms with van der Waals surface area (Å²) in [4.78, 5) is 25.5. The summed E-state index contributed by atoms with van der Waals surface area (Å²) in [6.45, 7) is 15.1. The number of fused-ring (bicyclic) bond motifs is 2. The molecule has 2 spiro atoms. The molecule has 0 amide bonds. The van der Waals surface area contributed by atoms with Crippen LogP contribution in [0.1, 0.15) is 99.8 Å². The Morgan fingerprint density at radius 3 is 2.44 bits per heavy atom. The second kappa shape index (κ2) is 7.66. The zero-order valence-electron chi connectivity index (χ0n) is 23.2. The molecule has 0 unspecified atom stereocenters. The van der Waals surface area contributed by atoms with Crippen molar-refractivity contribution in [1.29, 1.82) is 0 Å². The van der Waals surface area contributed by atoms with E-state index in [0.29, 0.717) is 18.6 Å². The van der Waals surface area contributed by atoms with Crippen LogP contribution in [0, 0.1) is 38.9 Å². The minimum absolute atomic E-state index is 0.0400. The highest BCUT2D eigenvalue weighted by atomic mass is 16.6. The number of carbonyl (C=O) groups is 2. The highest BCUT2D eigenvalue weighted by Gasteiger charge is 2.91. The summed E-state index contributed by atoms with van der Waals surface area (Å²) >= 11 is 0. The van der Waals surface area contributed by atoms with Crippen LogP contribution in [-0.4, -0.2) is 51.0 Å². The molecule has 5 aliphatic rings. The van der Waals surface area contributed by atoms with Crippen LogP contribution in [0.25, 0.3) is 0 Å². The molecule has 0 bridgehead atoms. The maximum atomic E-state index is 14.2. The molecule has 202 valence electrons. The van der Waals surface area contributed by atoms with Gasteiger partial charge in [-0.2, -0.15) is 0 Å². The van der Waals surface area contributed by atoms with Crippen molar-refractivity contribution in [2.75, 3.05) is 0 Å². The van der Waals surface area contributed by atoms with Crippen LogP contribution in [0.15, 0.2) is 11.6 Å². The molecule has 6 heteroatoms. The molecular weight excluding hydrogens is 456 g/mol. The van der Waals surface area contributed by atoms with Gasteiger partial charge >= 0.3 is 5.97 Å². The van der Waals surface area contributed by atoms with Gasteiger partial charge in [0.25, 0.3) is 0 Å². The Bertz CT molecular complexity index is 1020. The third kappa shape index (κ3) is 2.79. The number of ketones is 1. The average Bonchev–Trinajstić information content (AvgIpc) is 3.34. The van der Waals surface area contributed by atoms with Crippen molar-refractivity contribution in [3.05, 3.63) is 11.6 Å². The number of epoxide rings is 1. The van der Waals surface area contributed by atoms with Gasteiger partial charge in [0, 0.05) is 17.4 Å². The second-order valence-electron chi connectivity index (χ2n) is 14.4. The molecule has 36 heavy (non-hydrogen) atoms. The standard InChI is InChI=1S/C30H46O6/c1-17(24(34)35)14-19(31)15-18(2)27(6)16-23-30(36-23)28(27,7)12-10-22(33)29(30)13-8-20-25(3,4)21(32)9-11-26(20,29)5/h14,18-21,23,31-32H,8-13,15-16H2,1-7H3,(H,34,35)/b17-14+/t18-,19+,20+,21-,23-,26+,27-,28-,29-,30-/m1/s1. The lowest BCUT2D eigenvalue weighted by atomic mass is 9.40. The number of hydrogen-bond acceptors (Lipinski definition) is 5. The Labute approximate surface area is 215 Å². The largest absolute Gasteiger partial charge is 0.478 e. The predicted octanol–water partition coefficient (Wildman–Crippen LogP) is 4.90. The molecule has 4 saturated carbocycles. The van der Waals surface area contributed by atoms with Crippen LogP contribution in [-0.2, 0) is 14.3 Å². The van der Waals surface area contributed by atoms with Crippen molar-refractivity contribution in [3.63, 3.8) is 0 Å². The summed E-state index contributed by atoms with van der Waals surface area (Å²) in [5.41, 5.74) is -1.67. The van der Waals surface area contributed by atoms with E-state index in [1.54, 1.807) is 0 Å². The molecule has 1 heterocycles. The number of aliphatic carboxylic acids is 1. The summed E-state index contributed by atoms with van der Waals surface area (Å²) < 4.78 is 6.78. The number of ether oxygens (including phenoxy) is 1. The van der Waals surface area contributed by atoms with Crippen molar-refractivity contribution >= 4 is 11.8 Å². The number of rotatable bonds is 5. The SMILES string of the molecule is C/C(=C\[C@H](O)C[C@@H](C)[C@@]1(C)C[C@H]2O[C@@]23[C@]1(C)CCC(=O)[C@@]31CC[C@H]2C(C)(C)[C@H](O)CC[C@@]21C)C(=O)O. The maximum absolute atomic E-state index is 14.2. The Morgan fingerprint density at radius 1 is 1.14 bits per heavy atom. The summed E-state index contributed by atoms with van der Waals surface area (Å²) in [6.07, 6.45) is 6.39. The van der Waals surface area contributed by atoms with Gasteiger partial charge in [-0.3, -0.25) is 4.79 Å². The zero-order chi connectivity index (χ0) is 26.7. The minimum Gasteiger partial charge on any atom is -0.478 e. The lowest BCUT2D eigenvalue weighted by Crippen LogP contribution is -2.67. The Morgan fingerprint density at radius 2 is 1.81 bits per heavy atom. The minimum atomic E-state index is -1.01. The number of carbonyl (C=O) groups excluding carboxylic acids is 1. The Balaban J connectivity index is 1.53. The molecule has 6 nitrogen and oxygen atoms in total. The lowest BCUT2D eigenvalue weighted by molar-refractivity contribution is -0.197. The smallest absolute Gasteiger partial charge is 0.331 e. The number of hydrogen-bond donors (Lipinski definition) is 3. The molecule has 5 rings (SSSR count). The van der Waals surface area contributed by atoms with Crippen molar-refractivity contribution in [2.45, 2.75) is 124 Å². The first-order valence-electron chi connectivity index (χ1n) is 14.0. The highest BCUT2D eigenvalue weighted by Crippen LogP contribution is 2.86. The molecule has 5 fully saturated rings. The summed E-state index contributed by atoms with van der Waals surface area (Å²) in [5.74, 6) is -0.235. The van der Waals surface area contributed by atoms with E-state index in [2.05, 4.69) is 41.5 Å². The van der Waals surface area contributed by atoms with Crippen LogP contribution in [0.2, 0.25) is 0 Å². The van der Waals surface area contributed by atoms with Crippen LogP contribution < -0.4 is 0 Å². The molecule has 1 saturated heterocycles. The third-order valence-electron chi connectivity index (χ3n) is 13.1. The Kier molecular flexibility index (Phi) is 5.61. The highest BCUT2D eigenvalue weighted by molar-refractivity contribution is 5.90. The predicted molar refractivity (Wildman–Crippen MR) is 136 cm³/mol. The van der Waals surface area contributed by atoms with E-state index in [1.165, 1.54) is 13.0 Å². The van der Waals surface area contributed by atoms with Gasteiger partial charge in [-0.05, 0) is 86.0 Å². The van der Waals surface area contributed by atoms with Crippen LogP contribution in [0.3, 0.4) is 0 Å². The van der Waals surface area contributed by atoms with Gasteiger partial charge in [-0.1, -0.05) is 41.5 Å². The number of carboxylic acid groups (broad SMARTS) is 1. The first-order valence-corrected chi connectivity index (χ1v) is 14.0. The monoisotopic (exact) mass is 502 g/mol. The number of Topliss-reactive ketones (excluding diaryl/α,β-unsaturated/α-hetero) is 1. The van der Waals surface area contributed by atoms with E-state index >= 15 is 0 Å². The number of aliphatic hydroxyl groups is 2. The molecular formula is C30H46O6. The zero-order valence-corrected chi connectivity index (χ0v) is 23.2. The summed E-state index contributed by atoms with van der Waals surface area (Å²) in [6, 6.07) is 0. The van der Waals surface area contributed by atoms with Gasteiger partial charge in [-0.25, -0.2) is 4.79 Å². The molecule has 0 radical (unpaired) electrons. The van der Waals surface area contributed by atoms with E-state index in [9.17, 15) is 24.9 Å². The van der Waals surface area contributed by atoms with Crippen molar-refractivity contribution in [1.82, 2.24) is 0 Å². The number of aliphatic hydroxyl groups excluding tert-OH is 2. The molecule has 10 atom stereocenters. The van der Waals surface area contributed by atoms with E-state index < -0.39 is 23.1 Å². The van der Waals surface area contributed by atoms with Gasteiger partial charge in [0.15, 0.2) is 0 Å². The second-order valence-corrected chi connectivity index (χ2v) is 14.4. The fourth-order valence-electron chi connectivity index (χ4n) is 10.7. The Hall–Kier alpha value is -1.24.